The predicted octanol–water partition coefficient (Wildman–Crippen LogP) is 0.502. The molecule has 2 N–H and O–H groups in total. The van der Waals surface area contributed by atoms with Crippen molar-refractivity contribution in [3.63, 3.8) is 0 Å². The Labute approximate surface area is 127 Å². The van der Waals surface area contributed by atoms with Crippen LogP contribution in [0.3, 0.4) is 0 Å². The largest absolute Gasteiger partial charge is 0.389 e. The third-order valence-corrected chi connectivity index (χ3v) is 5.38. The van der Waals surface area contributed by atoms with E-state index in [-0.39, 0.29) is 0 Å². The van der Waals surface area contributed by atoms with Crippen molar-refractivity contribution in [1.82, 2.24) is 9.55 Å². The number of aliphatic hydroxyl groups is 1. The van der Waals surface area contributed by atoms with E-state index in [1.165, 1.54) is 16.8 Å². The summed E-state index contributed by atoms with van der Waals surface area (Å²) in [5, 5.41) is 9.43. The van der Waals surface area contributed by atoms with E-state index in [9.17, 15) is 14.7 Å². The maximum absolute atomic E-state index is 11.8. The van der Waals surface area contributed by atoms with Crippen LogP contribution < -0.4 is 11.2 Å². The first kappa shape index (κ1) is 16.6. The highest BCUT2D eigenvalue weighted by Crippen LogP contribution is 2.40. The minimum atomic E-state index is -1.22. The molecule has 0 aliphatic carbocycles. The van der Waals surface area contributed by atoms with Crippen LogP contribution in [0.15, 0.2) is 21.9 Å². The number of aromatic nitrogens is 2. The number of H-pyrrole nitrogens is 1. The SMILES string of the molecule is C=P(C)(C)CC[C@H]1O[C@@H](n2ccc(=O)[nH]c2=O)[C@H](Cl)[C@@H]1O. The fourth-order valence-electron chi connectivity index (χ4n) is 2.27. The van der Waals surface area contributed by atoms with Crippen molar-refractivity contribution < 1.29 is 9.84 Å². The van der Waals surface area contributed by atoms with Gasteiger partial charge in [0.25, 0.3) is 5.56 Å². The van der Waals surface area contributed by atoms with Gasteiger partial charge in [-0.25, -0.2) is 4.79 Å². The molecule has 6 nitrogen and oxygen atoms in total. The molecule has 1 aromatic rings. The smallest absolute Gasteiger partial charge is 0.330 e. The van der Waals surface area contributed by atoms with Gasteiger partial charge in [-0.05, 0) is 25.9 Å². The Bertz CT molecular complexity index is 665. The van der Waals surface area contributed by atoms with Crippen molar-refractivity contribution in [2.24, 2.45) is 0 Å². The quantitative estimate of drug-likeness (QED) is 0.620. The highest BCUT2D eigenvalue weighted by atomic mass is 35.5. The van der Waals surface area contributed by atoms with Gasteiger partial charge in [0.1, 0.15) is 11.5 Å². The monoisotopic (exact) mass is 334 g/mol. The third-order valence-electron chi connectivity index (χ3n) is 3.44. The number of nitrogens with one attached hydrogen (secondary N) is 1. The summed E-state index contributed by atoms with van der Waals surface area (Å²) in [6.45, 7) is 2.99. The van der Waals surface area contributed by atoms with Gasteiger partial charge in [0, 0.05) is 12.3 Å². The molecule has 0 unspecified atom stereocenters. The van der Waals surface area contributed by atoms with Crippen molar-refractivity contribution >= 4 is 24.8 Å². The lowest BCUT2D eigenvalue weighted by molar-refractivity contribution is -0.0210. The molecule has 1 aliphatic heterocycles. The number of alkyl halides is 1. The molecule has 2 rings (SSSR count). The average molecular weight is 335 g/mol. The molecule has 1 saturated heterocycles. The van der Waals surface area contributed by atoms with Gasteiger partial charge in [-0.1, -0.05) is 0 Å². The number of aromatic amines is 1. The summed E-state index contributed by atoms with van der Waals surface area (Å²) >= 11 is 6.19. The lowest BCUT2D eigenvalue weighted by Crippen LogP contribution is -2.35. The number of hydrogen-bond acceptors (Lipinski definition) is 4. The Morgan fingerprint density at radius 3 is 2.76 bits per heavy atom. The van der Waals surface area contributed by atoms with Crippen LogP contribution in [0.4, 0.5) is 0 Å². The number of hydrogen-bond donors (Lipinski definition) is 2. The summed E-state index contributed by atoms with van der Waals surface area (Å²) in [5.74, 6) is 0. The standard InChI is InChI=1S/C13H20ClN2O4P/c1-21(2,3)7-5-8-11(18)10(14)12(20-8)16-6-4-9(17)15-13(16)19/h4,6,8,10-12,18H,1,5,7H2,2-3H3,(H,15,17,19)/t8-,10-,11-,12-/m1/s1. The van der Waals surface area contributed by atoms with E-state index in [1.54, 1.807) is 0 Å². The first-order valence-electron chi connectivity index (χ1n) is 6.65. The zero-order valence-electron chi connectivity index (χ0n) is 12.0. The normalized spacial score (nSPS) is 29.7. The van der Waals surface area contributed by atoms with Crippen LogP contribution in [-0.4, -0.2) is 58.0 Å². The molecule has 1 fully saturated rings. The second kappa shape index (κ2) is 6.13. The minimum absolute atomic E-state index is 0.433. The molecule has 0 aromatic carbocycles. The van der Waals surface area contributed by atoms with Crippen molar-refractivity contribution in [2.75, 3.05) is 19.5 Å². The van der Waals surface area contributed by atoms with Crippen LogP contribution >= 0.6 is 18.5 Å². The Morgan fingerprint density at radius 2 is 2.19 bits per heavy atom. The Kier molecular flexibility index (Phi) is 4.83. The van der Waals surface area contributed by atoms with Crippen LogP contribution in [0.5, 0.6) is 0 Å². The van der Waals surface area contributed by atoms with E-state index in [0.29, 0.717) is 6.42 Å². The van der Waals surface area contributed by atoms with Crippen LogP contribution in [0.1, 0.15) is 12.6 Å². The van der Waals surface area contributed by atoms with Gasteiger partial charge in [0.15, 0.2) is 6.23 Å². The Balaban J connectivity index is 2.18. The summed E-state index contributed by atoms with van der Waals surface area (Å²) in [5.41, 5.74) is -1.09. The molecular weight excluding hydrogens is 315 g/mol. The Hall–Kier alpha value is -0.810. The zero-order valence-corrected chi connectivity index (χ0v) is 13.7. The van der Waals surface area contributed by atoms with E-state index < -0.39 is 41.9 Å². The summed E-state index contributed by atoms with van der Waals surface area (Å²) in [4.78, 5) is 25.0. The number of ether oxygens (including phenoxy) is 1. The number of halogens is 1. The number of nitrogens with zero attached hydrogens (tertiary/aromatic N) is 1. The van der Waals surface area contributed by atoms with Gasteiger partial charge in [-0.2, -0.15) is 0 Å². The highest BCUT2D eigenvalue weighted by molar-refractivity contribution is 7.72. The van der Waals surface area contributed by atoms with Crippen molar-refractivity contribution in [2.45, 2.75) is 30.2 Å². The molecule has 0 amide bonds. The molecular formula is C13H20ClN2O4P. The average Bonchev–Trinajstić information content (AvgIpc) is 2.64. The lowest BCUT2D eigenvalue weighted by atomic mass is 10.1. The van der Waals surface area contributed by atoms with Crippen molar-refractivity contribution in [1.29, 1.82) is 0 Å². The van der Waals surface area contributed by atoms with Gasteiger partial charge in [-0.3, -0.25) is 14.3 Å². The molecule has 118 valence electrons. The second-order valence-electron chi connectivity index (χ2n) is 5.97. The molecule has 0 saturated carbocycles. The maximum Gasteiger partial charge on any atom is 0.330 e. The fraction of sp³-hybridized carbons (Fsp3) is 0.615. The van der Waals surface area contributed by atoms with E-state index in [4.69, 9.17) is 16.3 Å². The van der Waals surface area contributed by atoms with E-state index in [2.05, 4.69) is 24.6 Å². The van der Waals surface area contributed by atoms with Gasteiger partial charge in [0.2, 0.25) is 0 Å². The van der Waals surface area contributed by atoms with E-state index in [0.717, 1.165) is 6.16 Å². The van der Waals surface area contributed by atoms with Crippen molar-refractivity contribution in [3.05, 3.63) is 33.1 Å². The molecule has 1 aromatic heterocycles. The lowest BCUT2D eigenvalue weighted by Gasteiger charge is -2.18. The summed E-state index contributed by atoms with van der Waals surface area (Å²) in [7, 11) is 0. The van der Waals surface area contributed by atoms with E-state index in [1.807, 2.05) is 0 Å². The topological polar surface area (TPSA) is 84.3 Å². The first-order valence-corrected chi connectivity index (χ1v) is 10.1. The second-order valence-corrected chi connectivity index (χ2v) is 10.8. The molecule has 1 aliphatic rings. The Morgan fingerprint density at radius 1 is 1.52 bits per heavy atom. The van der Waals surface area contributed by atoms with Crippen LogP contribution in [0.2, 0.25) is 0 Å². The molecule has 0 bridgehead atoms. The predicted molar refractivity (Wildman–Crippen MR) is 86.3 cm³/mol. The first-order chi connectivity index (χ1) is 9.69. The summed E-state index contributed by atoms with van der Waals surface area (Å²) in [6, 6.07) is 1.22. The molecule has 21 heavy (non-hydrogen) atoms. The molecule has 0 spiro atoms. The molecule has 2 heterocycles. The van der Waals surface area contributed by atoms with Gasteiger partial charge < -0.3 is 9.84 Å². The fourth-order valence-corrected chi connectivity index (χ4v) is 3.57. The van der Waals surface area contributed by atoms with Gasteiger partial charge in [-0.15, -0.1) is 24.8 Å². The molecule has 0 radical (unpaired) electrons. The van der Waals surface area contributed by atoms with Crippen molar-refractivity contribution in [3.8, 4) is 0 Å². The third kappa shape index (κ3) is 3.89. The van der Waals surface area contributed by atoms with E-state index >= 15 is 0 Å². The number of aliphatic hydroxyl groups excluding tert-OH is 1. The van der Waals surface area contributed by atoms with Crippen LogP contribution in [0.25, 0.3) is 0 Å². The summed E-state index contributed by atoms with van der Waals surface area (Å²) < 4.78 is 6.94. The minimum Gasteiger partial charge on any atom is -0.389 e. The molecule has 4 atom stereocenters. The maximum atomic E-state index is 11.8. The van der Waals surface area contributed by atoms with Gasteiger partial charge in [0.05, 0.1) is 6.10 Å². The van der Waals surface area contributed by atoms with Crippen LogP contribution in [0, 0.1) is 0 Å². The van der Waals surface area contributed by atoms with Crippen LogP contribution in [-0.2, 0) is 4.74 Å². The highest BCUT2D eigenvalue weighted by Gasteiger charge is 2.43. The summed E-state index contributed by atoms with van der Waals surface area (Å²) in [6.07, 6.45) is 4.88. The number of rotatable bonds is 4. The molecule has 8 heteroatoms. The zero-order chi connectivity index (χ0) is 15.8. The van der Waals surface area contributed by atoms with Gasteiger partial charge >= 0.3 is 5.69 Å².